The van der Waals surface area contributed by atoms with Crippen molar-refractivity contribution in [2.24, 2.45) is 0 Å². The molecule has 2 nitrogen and oxygen atoms in total. The summed E-state index contributed by atoms with van der Waals surface area (Å²) in [4.78, 5) is 11.9. The Labute approximate surface area is 189 Å². The third-order valence-electron chi connectivity index (χ3n) is 5.94. The second kappa shape index (κ2) is 16.1. The number of unbranched alkanes of at least 4 members (excludes halogenated alkanes) is 9. The van der Waals surface area contributed by atoms with Gasteiger partial charge < -0.3 is 0 Å². The van der Waals surface area contributed by atoms with Crippen LogP contribution in [-0.4, -0.2) is 37.2 Å². The fourth-order valence-electron chi connectivity index (χ4n) is 3.96. The van der Waals surface area contributed by atoms with Gasteiger partial charge in [-0.2, -0.15) is 0 Å². The van der Waals surface area contributed by atoms with E-state index in [1.165, 1.54) is 95.5 Å². The van der Waals surface area contributed by atoms with Crippen molar-refractivity contribution < 1.29 is 9.53 Å². The Hall–Kier alpha value is 0.370. The van der Waals surface area contributed by atoms with Gasteiger partial charge >= 0.3 is 190 Å². The standard InChI is InChI=1S/C24H48IO2P/c1-6-9-12-15-19-28(25,20-16-13-10-7-2,21-17-14-11-8-3)22-18-27-24(26)23(4)5/h4,6-22H2,1-3,5H3. The van der Waals surface area contributed by atoms with E-state index in [0.29, 0.717) is 12.2 Å². The van der Waals surface area contributed by atoms with Crippen molar-refractivity contribution in [3.05, 3.63) is 12.2 Å². The molecular weight excluding hydrogens is 478 g/mol. The maximum atomic E-state index is 11.9. The van der Waals surface area contributed by atoms with Gasteiger partial charge in [-0.05, 0) is 0 Å². The third-order valence-corrected chi connectivity index (χ3v) is 17.3. The van der Waals surface area contributed by atoms with Gasteiger partial charge in [0.1, 0.15) is 0 Å². The van der Waals surface area contributed by atoms with Crippen molar-refractivity contribution in [3.8, 4) is 0 Å². The second-order valence-electron chi connectivity index (χ2n) is 8.81. The molecule has 0 aliphatic rings. The van der Waals surface area contributed by atoms with Crippen molar-refractivity contribution in [2.45, 2.75) is 105 Å². The number of carbonyl (C=O) groups excluding carboxylic acids is 1. The summed E-state index contributed by atoms with van der Waals surface area (Å²) in [6, 6.07) is 0. The fraction of sp³-hybridized carbons (Fsp3) is 0.875. The molecule has 4 heteroatoms. The molecule has 0 atom stereocenters. The molecule has 0 heterocycles. The molecule has 0 bridgehead atoms. The predicted molar refractivity (Wildman–Crippen MR) is 139 cm³/mol. The molecule has 0 radical (unpaired) electrons. The molecule has 0 saturated heterocycles. The molecule has 0 unspecified atom stereocenters. The Balaban J connectivity index is 5.16. The maximum absolute atomic E-state index is 11.9. The number of esters is 1. The normalized spacial score (nSPS) is 13.1. The number of ether oxygens (including phenoxy) is 1. The van der Waals surface area contributed by atoms with Crippen LogP contribution in [0.25, 0.3) is 0 Å². The van der Waals surface area contributed by atoms with Gasteiger partial charge in [-0.25, -0.2) is 0 Å². The molecule has 0 aromatic rings. The quantitative estimate of drug-likeness (QED) is 0.0553. The van der Waals surface area contributed by atoms with Gasteiger partial charge in [-0.3, -0.25) is 0 Å². The van der Waals surface area contributed by atoms with E-state index < -0.39 is 4.25 Å². The zero-order valence-corrected chi connectivity index (χ0v) is 22.4. The van der Waals surface area contributed by atoms with Crippen LogP contribution in [0.1, 0.15) is 105 Å². The Morgan fingerprint density at radius 1 is 0.750 bits per heavy atom. The Kier molecular flexibility index (Phi) is 16.3. The molecule has 0 aromatic heterocycles. The average molecular weight is 527 g/mol. The second-order valence-corrected chi connectivity index (χ2v) is 22.4. The van der Waals surface area contributed by atoms with E-state index in [-0.39, 0.29) is 5.97 Å². The van der Waals surface area contributed by atoms with Crippen molar-refractivity contribution >= 4 is 32.3 Å². The SMILES string of the molecule is C=C(C)C(=O)OCCP(I)(CCCCCC)(CCCCCC)CCCCCC. The van der Waals surface area contributed by atoms with E-state index in [1.54, 1.807) is 6.92 Å². The first-order valence-corrected chi connectivity index (χ1v) is 17.6. The van der Waals surface area contributed by atoms with Crippen LogP contribution >= 0.6 is 26.3 Å². The zero-order chi connectivity index (χ0) is 21.3. The summed E-state index contributed by atoms with van der Waals surface area (Å²) in [5, 5.41) is 0. The molecule has 0 spiro atoms. The molecule has 0 aliphatic carbocycles. The number of carbonyl (C=O) groups is 1. The Bertz CT molecular complexity index is 402. The predicted octanol–water partition coefficient (Wildman–Crippen LogP) is 8.75. The summed E-state index contributed by atoms with van der Waals surface area (Å²) in [6.07, 6.45) is 21.3. The molecule has 168 valence electrons. The van der Waals surface area contributed by atoms with Crippen molar-refractivity contribution in [1.29, 1.82) is 0 Å². The van der Waals surface area contributed by atoms with E-state index in [0.717, 1.165) is 6.16 Å². The molecule has 28 heavy (non-hydrogen) atoms. The molecular formula is C24H48IO2P. The minimum absolute atomic E-state index is 0.218. The van der Waals surface area contributed by atoms with E-state index in [1.807, 2.05) is 0 Å². The van der Waals surface area contributed by atoms with E-state index in [2.05, 4.69) is 49.4 Å². The van der Waals surface area contributed by atoms with Crippen LogP contribution in [0, 0.1) is 0 Å². The zero-order valence-electron chi connectivity index (χ0n) is 19.4. The molecule has 0 aromatic carbocycles. The van der Waals surface area contributed by atoms with E-state index >= 15 is 0 Å². The summed E-state index contributed by atoms with van der Waals surface area (Å²) in [5.74, 6) is -0.218. The molecule has 0 N–H and O–H groups in total. The van der Waals surface area contributed by atoms with Gasteiger partial charge in [0.2, 0.25) is 0 Å². The summed E-state index contributed by atoms with van der Waals surface area (Å²) in [7, 11) is 0. The first kappa shape index (κ1) is 28.4. The van der Waals surface area contributed by atoms with Crippen LogP contribution < -0.4 is 0 Å². The van der Waals surface area contributed by atoms with Gasteiger partial charge in [-0.1, -0.05) is 0 Å². The van der Waals surface area contributed by atoms with Crippen LogP contribution in [0.15, 0.2) is 12.2 Å². The van der Waals surface area contributed by atoms with Gasteiger partial charge in [0.25, 0.3) is 0 Å². The van der Waals surface area contributed by atoms with Crippen LogP contribution in [0.4, 0.5) is 0 Å². The monoisotopic (exact) mass is 526 g/mol. The summed E-state index contributed by atoms with van der Waals surface area (Å²) in [5.41, 5.74) is 0.516. The van der Waals surface area contributed by atoms with Crippen molar-refractivity contribution in [2.75, 3.05) is 31.3 Å². The number of halogens is 1. The molecule has 0 fully saturated rings. The van der Waals surface area contributed by atoms with Crippen LogP contribution in [0.2, 0.25) is 0 Å². The van der Waals surface area contributed by atoms with Crippen molar-refractivity contribution in [1.82, 2.24) is 0 Å². The van der Waals surface area contributed by atoms with Crippen LogP contribution in [0.3, 0.4) is 0 Å². The Morgan fingerprint density at radius 3 is 1.46 bits per heavy atom. The van der Waals surface area contributed by atoms with Gasteiger partial charge in [0.15, 0.2) is 0 Å². The van der Waals surface area contributed by atoms with Crippen molar-refractivity contribution in [3.63, 3.8) is 0 Å². The molecule has 0 amide bonds. The summed E-state index contributed by atoms with van der Waals surface area (Å²) >= 11 is 2.94. The number of rotatable bonds is 19. The number of hydrogen-bond donors (Lipinski definition) is 0. The van der Waals surface area contributed by atoms with Gasteiger partial charge in [-0.15, -0.1) is 0 Å². The first-order valence-electron chi connectivity index (χ1n) is 11.9. The fourth-order valence-corrected chi connectivity index (χ4v) is 12.6. The molecule has 0 saturated carbocycles. The van der Waals surface area contributed by atoms with Crippen LogP contribution in [0.5, 0.6) is 0 Å². The average Bonchev–Trinajstić information content (AvgIpc) is 2.66. The number of hydrogen-bond acceptors (Lipinski definition) is 2. The molecule has 0 rings (SSSR count). The Morgan fingerprint density at radius 2 is 1.14 bits per heavy atom. The topological polar surface area (TPSA) is 26.3 Å². The first-order chi connectivity index (χ1) is 13.3. The summed E-state index contributed by atoms with van der Waals surface area (Å²) in [6.45, 7) is 12.9. The third kappa shape index (κ3) is 12.8. The summed E-state index contributed by atoms with van der Waals surface area (Å²) < 4.78 is 3.72. The van der Waals surface area contributed by atoms with E-state index in [4.69, 9.17) is 4.74 Å². The van der Waals surface area contributed by atoms with E-state index in [9.17, 15) is 4.79 Å². The molecule has 0 aliphatic heterocycles. The van der Waals surface area contributed by atoms with Gasteiger partial charge in [0, 0.05) is 0 Å². The van der Waals surface area contributed by atoms with Crippen LogP contribution in [-0.2, 0) is 9.53 Å². The minimum atomic E-state index is -1.88. The van der Waals surface area contributed by atoms with Gasteiger partial charge in [0.05, 0.1) is 0 Å².